The third kappa shape index (κ3) is 5.88. The number of anilines is 1. The van der Waals surface area contributed by atoms with E-state index >= 15 is 0 Å². The Bertz CT molecular complexity index is 1880. The maximum absolute atomic E-state index is 12.8. The van der Waals surface area contributed by atoms with Crippen LogP contribution in [-0.2, 0) is 22.6 Å². The first-order valence-corrected chi connectivity index (χ1v) is 14.6. The third-order valence-corrected chi connectivity index (χ3v) is 7.77. The van der Waals surface area contributed by atoms with Crippen molar-refractivity contribution in [2.45, 2.75) is 51.9 Å². The minimum absolute atomic E-state index is 0.0488. The van der Waals surface area contributed by atoms with Crippen LogP contribution in [0.2, 0.25) is 0 Å². The molecule has 0 bridgehead atoms. The fraction of sp³-hybridized carbons (Fsp3) is 0.294. The molecule has 10 heteroatoms. The predicted molar refractivity (Wildman–Crippen MR) is 168 cm³/mol. The van der Waals surface area contributed by atoms with E-state index in [1.165, 1.54) is 0 Å². The summed E-state index contributed by atoms with van der Waals surface area (Å²) in [4.78, 5) is 30.2. The molecular weight excluding hydrogens is 558 g/mol. The van der Waals surface area contributed by atoms with Crippen molar-refractivity contribution in [3.8, 4) is 16.9 Å². The summed E-state index contributed by atoms with van der Waals surface area (Å²) in [6, 6.07) is 21.3. The fourth-order valence-corrected chi connectivity index (χ4v) is 5.77. The SMILES string of the molecule is CC(C)(C)OC(=O)N1CCC(n2nc(COc3ccccc3CC(=O)O)c3cc(-c4cccc5c(N)nccc45)ccc32)C1. The van der Waals surface area contributed by atoms with Gasteiger partial charge in [0, 0.05) is 35.6 Å². The van der Waals surface area contributed by atoms with Gasteiger partial charge in [-0.3, -0.25) is 9.48 Å². The summed E-state index contributed by atoms with van der Waals surface area (Å²) >= 11 is 0. The Morgan fingerprint density at radius 2 is 1.84 bits per heavy atom. The van der Waals surface area contributed by atoms with Gasteiger partial charge in [-0.2, -0.15) is 5.10 Å². The second kappa shape index (κ2) is 11.5. The Balaban J connectivity index is 1.39. The molecule has 0 spiro atoms. The third-order valence-electron chi connectivity index (χ3n) is 7.77. The second-order valence-electron chi connectivity index (χ2n) is 12.1. The van der Waals surface area contributed by atoms with Crippen LogP contribution in [-0.4, -0.2) is 55.5 Å². The molecule has 1 amide bonds. The number of fused-ring (bicyclic) bond motifs is 2. The number of hydrogen-bond acceptors (Lipinski definition) is 7. The van der Waals surface area contributed by atoms with Gasteiger partial charge in [0.25, 0.3) is 0 Å². The van der Waals surface area contributed by atoms with Crippen LogP contribution in [0, 0.1) is 0 Å². The van der Waals surface area contributed by atoms with Crippen LogP contribution in [0.5, 0.6) is 5.75 Å². The van der Waals surface area contributed by atoms with E-state index in [0.29, 0.717) is 35.9 Å². The first-order chi connectivity index (χ1) is 21.1. The number of hydrogen-bond donors (Lipinski definition) is 2. The molecule has 3 aromatic carbocycles. The van der Waals surface area contributed by atoms with Crippen molar-refractivity contribution in [1.29, 1.82) is 0 Å². The number of nitrogen functional groups attached to an aromatic ring is 1. The number of para-hydroxylation sites is 1. The molecule has 1 atom stereocenters. The number of carbonyl (C=O) groups is 2. The Hall–Kier alpha value is -5.12. The first-order valence-electron chi connectivity index (χ1n) is 14.6. The van der Waals surface area contributed by atoms with E-state index in [9.17, 15) is 14.7 Å². The van der Waals surface area contributed by atoms with Gasteiger partial charge >= 0.3 is 12.1 Å². The number of rotatable bonds is 7. The Labute approximate surface area is 255 Å². The highest BCUT2D eigenvalue weighted by Gasteiger charge is 2.32. The van der Waals surface area contributed by atoms with Crippen LogP contribution in [0.3, 0.4) is 0 Å². The van der Waals surface area contributed by atoms with E-state index in [-0.39, 0.29) is 25.2 Å². The van der Waals surface area contributed by atoms with Crippen LogP contribution in [0.1, 0.15) is 44.5 Å². The van der Waals surface area contributed by atoms with E-state index < -0.39 is 11.6 Å². The van der Waals surface area contributed by atoms with Crippen LogP contribution in [0.4, 0.5) is 10.6 Å². The van der Waals surface area contributed by atoms with Gasteiger partial charge in [0.2, 0.25) is 0 Å². The molecule has 2 aromatic heterocycles. The van der Waals surface area contributed by atoms with Crippen LogP contribution in [0.15, 0.2) is 72.9 Å². The normalized spacial score (nSPS) is 15.2. The predicted octanol–water partition coefficient (Wildman–Crippen LogP) is 6.22. The second-order valence-corrected chi connectivity index (χ2v) is 12.1. The maximum Gasteiger partial charge on any atom is 0.410 e. The van der Waals surface area contributed by atoms with Gasteiger partial charge < -0.3 is 25.2 Å². The monoisotopic (exact) mass is 593 g/mol. The average molecular weight is 594 g/mol. The molecule has 0 saturated carbocycles. The molecule has 226 valence electrons. The summed E-state index contributed by atoms with van der Waals surface area (Å²) in [5.74, 6) is 0.0491. The molecular formula is C34H35N5O5. The number of carbonyl (C=O) groups excluding carboxylic acids is 1. The number of ether oxygens (including phenoxy) is 2. The van der Waals surface area contributed by atoms with E-state index in [1.54, 1.807) is 29.3 Å². The molecule has 44 heavy (non-hydrogen) atoms. The zero-order valence-electron chi connectivity index (χ0n) is 25.0. The van der Waals surface area contributed by atoms with Crippen molar-refractivity contribution < 1.29 is 24.2 Å². The smallest absolute Gasteiger partial charge is 0.410 e. The highest BCUT2D eigenvalue weighted by Crippen LogP contribution is 2.35. The molecule has 0 aliphatic carbocycles. The topological polar surface area (TPSA) is 133 Å². The summed E-state index contributed by atoms with van der Waals surface area (Å²) in [5, 5.41) is 17.2. The highest BCUT2D eigenvalue weighted by molar-refractivity contribution is 6.02. The zero-order valence-corrected chi connectivity index (χ0v) is 25.0. The van der Waals surface area contributed by atoms with Crippen LogP contribution in [0.25, 0.3) is 32.8 Å². The Morgan fingerprint density at radius 3 is 2.64 bits per heavy atom. The van der Waals surface area contributed by atoms with E-state index in [1.807, 2.05) is 49.7 Å². The maximum atomic E-state index is 12.8. The lowest BCUT2D eigenvalue weighted by Crippen LogP contribution is -2.35. The molecule has 0 radical (unpaired) electrons. The van der Waals surface area contributed by atoms with Crippen LogP contribution < -0.4 is 10.5 Å². The fourth-order valence-electron chi connectivity index (χ4n) is 5.77. The number of carboxylic acids is 1. The quantitative estimate of drug-likeness (QED) is 0.227. The number of benzene rings is 3. The number of amides is 1. The number of carboxylic acid groups (broad SMARTS) is 1. The lowest BCUT2D eigenvalue weighted by atomic mass is 9.97. The Kier molecular flexibility index (Phi) is 7.59. The van der Waals surface area contributed by atoms with E-state index in [0.717, 1.165) is 39.2 Å². The average Bonchev–Trinajstić information content (AvgIpc) is 3.61. The molecule has 3 N–H and O–H groups in total. The van der Waals surface area contributed by atoms with Gasteiger partial charge in [-0.15, -0.1) is 0 Å². The minimum atomic E-state index is -0.929. The molecule has 10 nitrogen and oxygen atoms in total. The first kappa shape index (κ1) is 29.0. The van der Waals surface area contributed by atoms with Gasteiger partial charge in [-0.05, 0) is 68.0 Å². The largest absolute Gasteiger partial charge is 0.487 e. The Morgan fingerprint density at radius 1 is 1.02 bits per heavy atom. The number of likely N-dealkylation sites (tertiary alicyclic amines) is 1. The van der Waals surface area contributed by atoms with Crippen LogP contribution >= 0.6 is 0 Å². The lowest BCUT2D eigenvalue weighted by molar-refractivity contribution is -0.136. The molecule has 6 rings (SSSR count). The zero-order chi connectivity index (χ0) is 31.0. The van der Waals surface area contributed by atoms with Gasteiger partial charge in [0.05, 0.1) is 18.0 Å². The van der Waals surface area contributed by atoms with E-state index in [4.69, 9.17) is 20.3 Å². The molecule has 1 aliphatic rings. The van der Waals surface area contributed by atoms with E-state index in [2.05, 4.69) is 29.2 Å². The van der Waals surface area contributed by atoms with Gasteiger partial charge in [-0.1, -0.05) is 42.5 Å². The molecule has 5 aromatic rings. The van der Waals surface area contributed by atoms with Crippen molar-refractivity contribution in [3.63, 3.8) is 0 Å². The van der Waals surface area contributed by atoms with Crippen molar-refractivity contribution >= 4 is 39.6 Å². The van der Waals surface area contributed by atoms with Crippen molar-refractivity contribution in [3.05, 3.63) is 84.2 Å². The highest BCUT2D eigenvalue weighted by atomic mass is 16.6. The summed E-state index contributed by atoms with van der Waals surface area (Å²) in [7, 11) is 0. The lowest BCUT2D eigenvalue weighted by Gasteiger charge is -2.24. The van der Waals surface area contributed by atoms with Crippen molar-refractivity contribution in [2.24, 2.45) is 0 Å². The van der Waals surface area contributed by atoms with Crippen molar-refractivity contribution in [2.75, 3.05) is 18.8 Å². The standard InChI is InChI=1S/C34H35N5O5/c1-34(2,3)44-33(42)38-16-14-23(19-38)39-29-12-11-21(24-8-6-9-26-25(24)13-15-36-32(26)35)17-27(29)28(37-39)20-43-30-10-5-4-7-22(30)18-31(40)41/h4-13,15,17,23H,14,16,18-20H2,1-3H3,(H2,35,36)(H,40,41). The molecule has 3 heterocycles. The molecule has 1 fully saturated rings. The van der Waals surface area contributed by atoms with Gasteiger partial charge in [0.15, 0.2) is 0 Å². The summed E-state index contributed by atoms with van der Waals surface area (Å²) in [6.45, 7) is 6.76. The van der Waals surface area contributed by atoms with Gasteiger partial charge in [0.1, 0.15) is 29.5 Å². The summed E-state index contributed by atoms with van der Waals surface area (Å²) in [6.07, 6.45) is 1.97. The number of pyridine rings is 1. The minimum Gasteiger partial charge on any atom is -0.487 e. The number of nitrogens with zero attached hydrogens (tertiary/aromatic N) is 4. The molecule has 1 saturated heterocycles. The number of aliphatic carboxylic acids is 1. The van der Waals surface area contributed by atoms with Crippen molar-refractivity contribution in [1.82, 2.24) is 19.7 Å². The van der Waals surface area contributed by atoms with Gasteiger partial charge in [-0.25, -0.2) is 9.78 Å². The molecule has 1 unspecified atom stereocenters. The molecule has 1 aliphatic heterocycles. The number of nitrogens with two attached hydrogens (primary N) is 1. The summed E-state index contributed by atoms with van der Waals surface area (Å²) < 4.78 is 13.8. The summed E-state index contributed by atoms with van der Waals surface area (Å²) in [5.41, 5.74) is 9.83. The number of aromatic nitrogens is 3.